The molecule has 1 saturated heterocycles. The fourth-order valence-electron chi connectivity index (χ4n) is 3.32. The maximum absolute atomic E-state index is 12.8. The van der Waals surface area contributed by atoms with Gasteiger partial charge in [0.1, 0.15) is 22.8 Å². The normalized spacial score (nSPS) is 14.3. The van der Waals surface area contributed by atoms with Crippen LogP contribution in [0.2, 0.25) is 0 Å². The van der Waals surface area contributed by atoms with Gasteiger partial charge < -0.3 is 13.9 Å². The largest absolute Gasteiger partial charge is 0.497 e. The molecule has 0 spiro atoms. The van der Waals surface area contributed by atoms with Crippen molar-refractivity contribution in [3.05, 3.63) is 81.6 Å². The number of hydrazine groups is 1. The Balaban J connectivity index is 1.60. The minimum absolute atomic E-state index is 0.154. The number of hydrogen-bond acceptors (Lipinski definition) is 8. The van der Waals surface area contributed by atoms with E-state index in [9.17, 15) is 24.5 Å². The number of nitrogens with one attached hydrogen (secondary N) is 1. The van der Waals surface area contributed by atoms with Crippen molar-refractivity contribution in [3.8, 4) is 17.1 Å². The van der Waals surface area contributed by atoms with Gasteiger partial charge in [-0.05, 0) is 54.6 Å². The lowest BCUT2D eigenvalue weighted by Crippen LogP contribution is -2.35. The molecule has 34 heavy (non-hydrogen) atoms. The third kappa shape index (κ3) is 4.09. The highest BCUT2D eigenvalue weighted by Gasteiger charge is 2.35. The molecule has 2 amide bonds. The molecule has 1 aliphatic heterocycles. The second-order valence-corrected chi connectivity index (χ2v) is 7.02. The zero-order valence-corrected chi connectivity index (χ0v) is 17.9. The van der Waals surface area contributed by atoms with Crippen molar-refractivity contribution in [2.45, 2.75) is 0 Å². The highest BCUT2D eigenvalue weighted by atomic mass is 16.6. The van der Waals surface area contributed by atoms with Crippen LogP contribution in [0.25, 0.3) is 17.4 Å². The number of ether oxygens (including phenoxy) is 2. The molecule has 3 aromatic rings. The molecule has 2 heterocycles. The number of hydrogen-bond donors (Lipinski definition) is 1. The fourth-order valence-corrected chi connectivity index (χ4v) is 3.32. The number of methoxy groups -OCH3 is 2. The van der Waals surface area contributed by atoms with Crippen LogP contribution in [-0.2, 0) is 14.3 Å². The zero-order chi connectivity index (χ0) is 24.4. The van der Waals surface area contributed by atoms with Crippen molar-refractivity contribution in [2.24, 2.45) is 0 Å². The van der Waals surface area contributed by atoms with Crippen molar-refractivity contribution >= 4 is 35.2 Å². The third-order valence-electron chi connectivity index (χ3n) is 5.02. The monoisotopic (exact) mass is 463 g/mol. The standard InChI is InChI=1S/C23H17N3O8/c1-32-15-7-9-17(19(12-15)26(30)31)20-10-8-16(34-20)11-18-21(27)24-25(22(18)28)14-5-3-13(4-6-14)23(29)33-2/h3-12H,1-2H3,(H,24,27)/b18-11-. The van der Waals surface area contributed by atoms with Crippen LogP contribution >= 0.6 is 0 Å². The highest BCUT2D eigenvalue weighted by molar-refractivity contribution is 6.31. The molecule has 0 radical (unpaired) electrons. The molecule has 0 bridgehead atoms. The van der Waals surface area contributed by atoms with Gasteiger partial charge in [-0.15, -0.1) is 0 Å². The molecule has 1 aromatic heterocycles. The van der Waals surface area contributed by atoms with Crippen molar-refractivity contribution in [1.29, 1.82) is 0 Å². The van der Waals surface area contributed by atoms with E-state index in [-0.39, 0.29) is 33.9 Å². The molecule has 0 saturated carbocycles. The number of nitro groups is 1. The average molecular weight is 463 g/mol. The number of carbonyl (C=O) groups excluding carboxylic acids is 3. The first kappa shape index (κ1) is 22.3. The van der Waals surface area contributed by atoms with Crippen molar-refractivity contribution in [1.82, 2.24) is 5.43 Å². The fraction of sp³-hybridized carbons (Fsp3) is 0.0870. The second-order valence-electron chi connectivity index (χ2n) is 7.02. The SMILES string of the molecule is COC(=O)c1ccc(N2NC(=O)/C(=C/c3ccc(-c4ccc(OC)cc4[N+](=O)[O-])o3)C2=O)cc1. The van der Waals surface area contributed by atoms with Gasteiger partial charge in [0.25, 0.3) is 17.5 Å². The summed E-state index contributed by atoms with van der Waals surface area (Å²) in [7, 11) is 2.65. The van der Waals surface area contributed by atoms with Crippen LogP contribution in [0.3, 0.4) is 0 Å². The molecule has 11 heteroatoms. The molecular weight excluding hydrogens is 446 g/mol. The topological polar surface area (TPSA) is 141 Å². The highest BCUT2D eigenvalue weighted by Crippen LogP contribution is 2.34. The Kier molecular flexibility index (Phi) is 5.83. The molecule has 1 N–H and O–H groups in total. The summed E-state index contributed by atoms with van der Waals surface area (Å²) in [5, 5.41) is 12.5. The summed E-state index contributed by atoms with van der Waals surface area (Å²) in [5.74, 6) is -1.17. The smallest absolute Gasteiger partial charge is 0.337 e. The van der Waals surface area contributed by atoms with Crippen LogP contribution in [0.5, 0.6) is 5.75 Å². The third-order valence-corrected chi connectivity index (χ3v) is 5.02. The molecule has 4 rings (SSSR count). The number of benzene rings is 2. The van der Waals surface area contributed by atoms with E-state index in [1.807, 2.05) is 0 Å². The number of carbonyl (C=O) groups is 3. The van der Waals surface area contributed by atoms with E-state index in [0.717, 1.165) is 5.01 Å². The van der Waals surface area contributed by atoms with E-state index < -0.39 is 22.7 Å². The average Bonchev–Trinajstić information content (AvgIpc) is 3.43. The Morgan fingerprint density at radius 1 is 1.09 bits per heavy atom. The van der Waals surface area contributed by atoms with Crippen LogP contribution in [0, 0.1) is 10.1 Å². The summed E-state index contributed by atoms with van der Waals surface area (Å²) in [6.07, 6.45) is 1.25. The quantitative estimate of drug-likeness (QED) is 0.193. The van der Waals surface area contributed by atoms with E-state index in [0.29, 0.717) is 11.4 Å². The molecular formula is C23H17N3O8. The van der Waals surface area contributed by atoms with Crippen molar-refractivity contribution in [3.63, 3.8) is 0 Å². The molecule has 0 aliphatic carbocycles. The van der Waals surface area contributed by atoms with E-state index in [2.05, 4.69) is 10.2 Å². The van der Waals surface area contributed by atoms with E-state index in [4.69, 9.17) is 9.15 Å². The van der Waals surface area contributed by atoms with Gasteiger partial charge in [0.15, 0.2) is 0 Å². The van der Waals surface area contributed by atoms with Gasteiger partial charge in [-0.2, -0.15) is 0 Å². The van der Waals surface area contributed by atoms with Crippen LogP contribution in [0.1, 0.15) is 16.1 Å². The van der Waals surface area contributed by atoms with Gasteiger partial charge in [-0.25, -0.2) is 9.80 Å². The van der Waals surface area contributed by atoms with Gasteiger partial charge >= 0.3 is 5.97 Å². The maximum atomic E-state index is 12.8. The summed E-state index contributed by atoms with van der Waals surface area (Å²) < 4.78 is 15.3. The number of nitrogens with zero attached hydrogens (tertiary/aromatic N) is 2. The lowest BCUT2D eigenvalue weighted by molar-refractivity contribution is -0.384. The molecule has 11 nitrogen and oxygen atoms in total. The van der Waals surface area contributed by atoms with Crippen molar-refractivity contribution < 1.29 is 33.2 Å². The molecule has 1 fully saturated rings. The van der Waals surface area contributed by atoms with Gasteiger partial charge in [0.05, 0.1) is 42.0 Å². The van der Waals surface area contributed by atoms with Crippen LogP contribution in [0.15, 0.2) is 64.6 Å². The molecule has 1 aliphatic rings. The van der Waals surface area contributed by atoms with Gasteiger partial charge in [-0.3, -0.25) is 25.1 Å². The van der Waals surface area contributed by atoms with E-state index in [1.165, 1.54) is 68.8 Å². The first-order chi connectivity index (χ1) is 16.3. The lowest BCUT2D eigenvalue weighted by atomic mass is 10.1. The molecule has 0 unspecified atom stereocenters. The van der Waals surface area contributed by atoms with Gasteiger partial charge in [0, 0.05) is 0 Å². The Morgan fingerprint density at radius 2 is 1.82 bits per heavy atom. The summed E-state index contributed by atoms with van der Waals surface area (Å²) in [5.41, 5.74) is 2.87. The predicted molar refractivity (Wildman–Crippen MR) is 119 cm³/mol. The number of amides is 2. The Hall–Kier alpha value is -4.93. The molecule has 2 aromatic carbocycles. The zero-order valence-electron chi connectivity index (χ0n) is 17.9. The lowest BCUT2D eigenvalue weighted by Gasteiger charge is -2.14. The van der Waals surface area contributed by atoms with Gasteiger partial charge in [0.2, 0.25) is 0 Å². The Bertz CT molecular complexity index is 1340. The number of rotatable bonds is 6. The first-order valence-electron chi connectivity index (χ1n) is 9.80. The Labute approximate surface area is 192 Å². The first-order valence-corrected chi connectivity index (χ1v) is 9.80. The maximum Gasteiger partial charge on any atom is 0.337 e. The van der Waals surface area contributed by atoms with Crippen LogP contribution in [0.4, 0.5) is 11.4 Å². The number of anilines is 1. The summed E-state index contributed by atoms with van der Waals surface area (Å²) >= 11 is 0. The van der Waals surface area contributed by atoms with E-state index in [1.54, 1.807) is 6.07 Å². The van der Waals surface area contributed by atoms with Crippen molar-refractivity contribution in [2.75, 3.05) is 19.2 Å². The Morgan fingerprint density at radius 3 is 2.47 bits per heavy atom. The number of nitro benzene ring substituents is 1. The summed E-state index contributed by atoms with van der Waals surface area (Å²) in [6, 6.07) is 13.2. The second kappa shape index (κ2) is 8.90. The van der Waals surface area contributed by atoms with Crippen LogP contribution < -0.4 is 15.2 Å². The number of esters is 1. The molecule has 0 atom stereocenters. The predicted octanol–water partition coefficient (Wildman–Crippen LogP) is 3.11. The van der Waals surface area contributed by atoms with Gasteiger partial charge in [-0.1, -0.05) is 0 Å². The molecule has 172 valence electrons. The summed E-state index contributed by atoms with van der Waals surface area (Å²) in [6.45, 7) is 0. The minimum Gasteiger partial charge on any atom is -0.497 e. The minimum atomic E-state index is -0.657. The van der Waals surface area contributed by atoms with Crippen LogP contribution in [-0.4, -0.2) is 36.9 Å². The van der Waals surface area contributed by atoms with E-state index >= 15 is 0 Å². The summed E-state index contributed by atoms with van der Waals surface area (Å²) in [4.78, 5) is 47.7. The number of furan rings is 1.